The lowest BCUT2D eigenvalue weighted by molar-refractivity contribution is 0.0952. The molecule has 0 bridgehead atoms. The highest BCUT2D eigenvalue weighted by atomic mass is 16.2. The summed E-state index contributed by atoms with van der Waals surface area (Å²) in [6.07, 6.45) is 6.45. The van der Waals surface area contributed by atoms with Gasteiger partial charge in [-0.1, -0.05) is 33.1 Å². The molecule has 0 aliphatic heterocycles. The van der Waals surface area contributed by atoms with Crippen molar-refractivity contribution in [3.8, 4) is 0 Å². The largest absolute Gasteiger partial charge is 0.352 e. The predicted octanol–water partition coefficient (Wildman–Crippen LogP) is 1.80. The molecule has 0 saturated heterocycles. The number of carbonyl (C=O) groups is 1. The van der Waals surface area contributed by atoms with Gasteiger partial charge in [-0.05, 0) is 18.9 Å². The molecule has 0 spiro atoms. The third-order valence-electron chi connectivity index (χ3n) is 3.86. The molecule has 24 heavy (non-hydrogen) atoms. The van der Waals surface area contributed by atoms with E-state index in [0.717, 1.165) is 32.1 Å². The van der Waals surface area contributed by atoms with E-state index in [0.29, 0.717) is 24.3 Å². The van der Waals surface area contributed by atoms with Crippen molar-refractivity contribution in [2.45, 2.75) is 52.5 Å². The Morgan fingerprint density at radius 3 is 2.71 bits per heavy atom. The van der Waals surface area contributed by atoms with E-state index in [2.05, 4.69) is 22.2 Å². The van der Waals surface area contributed by atoms with Crippen LogP contribution in [0.1, 0.15) is 56.3 Å². The normalized spacial score (nSPS) is 10.9. The smallest absolute Gasteiger partial charge is 0.329 e. The molecule has 0 unspecified atom stereocenters. The van der Waals surface area contributed by atoms with Gasteiger partial charge in [0.05, 0.1) is 10.9 Å². The molecule has 7 nitrogen and oxygen atoms in total. The minimum atomic E-state index is -0.521. The van der Waals surface area contributed by atoms with Crippen LogP contribution in [0.2, 0.25) is 0 Å². The maximum absolute atomic E-state index is 12.2. The summed E-state index contributed by atoms with van der Waals surface area (Å²) < 4.78 is 1.42. The number of unbranched alkanes of at least 4 members (excludes halogenated alkanes) is 3. The molecule has 7 heteroatoms. The Bertz CT molecular complexity index is 823. The molecule has 2 N–H and O–H groups in total. The molecular formula is C17H24N4O3. The number of aryl methyl sites for hydroxylation is 1. The van der Waals surface area contributed by atoms with E-state index in [1.165, 1.54) is 16.8 Å². The van der Waals surface area contributed by atoms with E-state index >= 15 is 0 Å². The molecular weight excluding hydrogens is 308 g/mol. The van der Waals surface area contributed by atoms with E-state index in [1.807, 2.05) is 6.92 Å². The number of nitrogens with one attached hydrogen (secondary N) is 2. The van der Waals surface area contributed by atoms with Crippen LogP contribution in [0.25, 0.3) is 11.0 Å². The van der Waals surface area contributed by atoms with Crippen LogP contribution in [0.3, 0.4) is 0 Å². The zero-order valence-corrected chi connectivity index (χ0v) is 14.2. The number of fused-ring (bicyclic) bond motifs is 1. The Morgan fingerprint density at radius 1 is 1.21 bits per heavy atom. The van der Waals surface area contributed by atoms with Gasteiger partial charge in [-0.15, -0.1) is 0 Å². The minimum absolute atomic E-state index is 0.252. The molecule has 0 aliphatic carbocycles. The SMILES string of the molecule is CCCCCCNC(=O)c1cnc2c(c1)c(=O)[nH]c(=O)n2CCC. The quantitative estimate of drug-likeness (QED) is 0.720. The van der Waals surface area contributed by atoms with Crippen molar-refractivity contribution < 1.29 is 4.79 Å². The first-order valence-electron chi connectivity index (χ1n) is 8.49. The third kappa shape index (κ3) is 4.10. The second-order valence-electron chi connectivity index (χ2n) is 5.82. The summed E-state index contributed by atoms with van der Waals surface area (Å²) in [5.74, 6) is -0.256. The monoisotopic (exact) mass is 332 g/mol. The maximum atomic E-state index is 12.2. The number of carbonyl (C=O) groups excluding carboxylic acids is 1. The van der Waals surface area contributed by atoms with Crippen LogP contribution >= 0.6 is 0 Å². The number of aromatic nitrogens is 3. The van der Waals surface area contributed by atoms with Gasteiger partial charge < -0.3 is 5.32 Å². The van der Waals surface area contributed by atoms with Gasteiger partial charge in [-0.25, -0.2) is 9.78 Å². The minimum Gasteiger partial charge on any atom is -0.352 e. The van der Waals surface area contributed by atoms with Crippen LogP contribution in [0.15, 0.2) is 21.9 Å². The second kappa shape index (κ2) is 8.42. The molecule has 0 aromatic carbocycles. The highest BCUT2D eigenvalue weighted by Crippen LogP contribution is 2.08. The van der Waals surface area contributed by atoms with Gasteiger partial charge in [-0.2, -0.15) is 0 Å². The van der Waals surface area contributed by atoms with Crippen LogP contribution in [0, 0.1) is 0 Å². The number of aromatic amines is 1. The Morgan fingerprint density at radius 2 is 2.00 bits per heavy atom. The average molecular weight is 332 g/mol. The third-order valence-corrected chi connectivity index (χ3v) is 3.86. The summed E-state index contributed by atoms with van der Waals surface area (Å²) in [6, 6.07) is 1.49. The Hall–Kier alpha value is -2.44. The summed E-state index contributed by atoms with van der Waals surface area (Å²) >= 11 is 0. The first-order chi connectivity index (χ1) is 11.6. The number of amides is 1. The highest BCUT2D eigenvalue weighted by molar-refractivity contribution is 5.96. The number of nitrogens with zero attached hydrogens (tertiary/aromatic N) is 2. The highest BCUT2D eigenvalue weighted by Gasteiger charge is 2.12. The molecule has 0 saturated carbocycles. The van der Waals surface area contributed by atoms with Crippen molar-refractivity contribution in [3.05, 3.63) is 38.7 Å². The molecule has 2 aromatic rings. The van der Waals surface area contributed by atoms with Crippen LogP contribution < -0.4 is 16.6 Å². The van der Waals surface area contributed by atoms with E-state index in [1.54, 1.807) is 0 Å². The molecule has 2 aromatic heterocycles. The van der Waals surface area contributed by atoms with Gasteiger partial charge in [0, 0.05) is 19.3 Å². The topological polar surface area (TPSA) is 96.8 Å². The van der Waals surface area contributed by atoms with Crippen molar-refractivity contribution in [1.29, 1.82) is 0 Å². The maximum Gasteiger partial charge on any atom is 0.329 e. The summed E-state index contributed by atoms with van der Waals surface area (Å²) in [7, 11) is 0. The number of pyridine rings is 1. The Kier molecular flexibility index (Phi) is 6.28. The molecule has 1 amide bonds. The zero-order chi connectivity index (χ0) is 17.5. The van der Waals surface area contributed by atoms with Crippen molar-refractivity contribution in [2.75, 3.05) is 6.54 Å². The van der Waals surface area contributed by atoms with Crippen LogP contribution in [-0.2, 0) is 6.54 Å². The lowest BCUT2D eigenvalue weighted by atomic mass is 10.2. The first kappa shape index (κ1) is 17.9. The Labute approximate surface area is 140 Å². The number of hydrogen-bond acceptors (Lipinski definition) is 4. The van der Waals surface area contributed by atoms with Gasteiger partial charge in [0.2, 0.25) is 0 Å². The lowest BCUT2D eigenvalue weighted by Crippen LogP contribution is -2.31. The fraction of sp³-hybridized carbons (Fsp3) is 0.529. The average Bonchev–Trinajstić information content (AvgIpc) is 2.58. The first-order valence-corrected chi connectivity index (χ1v) is 8.49. The standard InChI is InChI=1S/C17H24N4O3/c1-3-5-6-7-8-18-15(22)12-10-13-14(19-11-12)21(9-4-2)17(24)20-16(13)23/h10-11H,3-9H2,1-2H3,(H,18,22)(H,20,23,24). The van der Waals surface area contributed by atoms with E-state index in [9.17, 15) is 14.4 Å². The van der Waals surface area contributed by atoms with Crippen LogP contribution in [-0.4, -0.2) is 27.0 Å². The fourth-order valence-electron chi connectivity index (χ4n) is 2.58. The van der Waals surface area contributed by atoms with Gasteiger partial charge in [0.25, 0.3) is 11.5 Å². The molecule has 0 aliphatic rings. The second-order valence-corrected chi connectivity index (χ2v) is 5.82. The van der Waals surface area contributed by atoms with Gasteiger partial charge in [-0.3, -0.25) is 19.1 Å². The predicted molar refractivity (Wildman–Crippen MR) is 93.4 cm³/mol. The van der Waals surface area contributed by atoms with Gasteiger partial charge >= 0.3 is 5.69 Å². The van der Waals surface area contributed by atoms with Crippen molar-refractivity contribution in [2.24, 2.45) is 0 Å². The Balaban J connectivity index is 2.23. The van der Waals surface area contributed by atoms with E-state index in [4.69, 9.17) is 0 Å². The molecule has 2 heterocycles. The van der Waals surface area contributed by atoms with Crippen molar-refractivity contribution >= 4 is 16.9 Å². The van der Waals surface area contributed by atoms with Gasteiger partial charge in [0.1, 0.15) is 5.65 Å². The number of rotatable bonds is 8. The number of hydrogen-bond donors (Lipinski definition) is 2. The molecule has 0 radical (unpaired) electrons. The zero-order valence-electron chi connectivity index (χ0n) is 14.2. The van der Waals surface area contributed by atoms with E-state index in [-0.39, 0.29) is 11.3 Å². The summed E-state index contributed by atoms with van der Waals surface area (Å²) in [5, 5.41) is 3.09. The molecule has 2 rings (SSSR count). The molecule has 130 valence electrons. The van der Waals surface area contributed by atoms with Crippen LogP contribution in [0.5, 0.6) is 0 Å². The molecule has 0 atom stereocenters. The van der Waals surface area contributed by atoms with Crippen molar-refractivity contribution in [1.82, 2.24) is 19.9 Å². The van der Waals surface area contributed by atoms with Crippen LogP contribution in [0.4, 0.5) is 0 Å². The van der Waals surface area contributed by atoms with E-state index < -0.39 is 11.2 Å². The summed E-state index contributed by atoms with van der Waals surface area (Å²) in [4.78, 5) is 42.5. The fourth-order valence-corrected chi connectivity index (χ4v) is 2.58. The number of H-pyrrole nitrogens is 1. The summed E-state index contributed by atoms with van der Waals surface area (Å²) in [5.41, 5.74) is -0.363. The lowest BCUT2D eigenvalue weighted by Gasteiger charge is -2.09. The van der Waals surface area contributed by atoms with Gasteiger partial charge in [0.15, 0.2) is 0 Å². The summed E-state index contributed by atoms with van der Waals surface area (Å²) in [6.45, 7) is 5.13. The van der Waals surface area contributed by atoms with Crippen molar-refractivity contribution in [3.63, 3.8) is 0 Å². The molecule has 0 fully saturated rings.